The fourth-order valence-electron chi connectivity index (χ4n) is 0.647. The molecular formula is C6H9N3O3. The van der Waals surface area contributed by atoms with Crippen molar-refractivity contribution in [3.8, 4) is 0 Å². The minimum absolute atomic E-state index is 0.179. The highest BCUT2D eigenvalue weighted by atomic mass is 16.5. The Kier molecular flexibility index (Phi) is 5.38. The van der Waals surface area contributed by atoms with Crippen LogP contribution in [0.4, 0.5) is 0 Å². The van der Waals surface area contributed by atoms with Crippen LogP contribution in [0.5, 0.6) is 0 Å². The van der Waals surface area contributed by atoms with E-state index in [2.05, 4.69) is 14.8 Å². The third-order valence-electron chi connectivity index (χ3n) is 1.22. The summed E-state index contributed by atoms with van der Waals surface area (Å²) in [6, 6.07) is -0.884. The monoisotopic (exact) mass is 171 g/mol. The van der Waals surface area contributed by atoms with E-state index in [-0.39, 0.29) is 12.8 Å². The van der Waals surface area contributed by atoms with Crippen molar-refractivity contribution in [1.82, 2.24) is 0 Å². The number of rotatable bonds is 5. The minimum Gasteiger partial charge on any atom is -0.469 e. The Morgan fingerprint density at radius 2 is 2.50 bits per heavy atom. The van der Waals surface area contributed by atoms with Crippen LogP contribution in [0.1, 0.15) is 12.8 Å². The summed E-state index contributed by atoms with van der Waals surface area (Å²) in [6.45, 7) is 0. The van der Waals surface area contributed by atoms with Crippen molar-refractivity contribution in [1.29, 1.82) is 0 Å². The number of hydrogen-bond donors (Lipinski definition) is 0. The quantitative estimate of drug-likeness (QED) is 0.201. The second-order valence-electron chi connectivity index (χ2n) is 1.99. The zero-order valence-corrected chi connectivity index (χ0v) is 6.64. The van der Waals surface area contributed by atoms with Gasteiger partial charge < -0.3 is 9.53 Å². The van der Waals surface area contributed by atoms with Gasteiger partial charge in [-0.25, -0.2) is 0 Å². The predicted molar refractivity (Wildman–Crippen MR) is 40.2 cm³/mol. The molecule has 0 aromatic heterocycles. The van der Waals surface area contributed by atoms with Gasteiger partial charge in [-0.2, -0.15) is 0 Å². The Balaban J connectivity index is 4.11. The molecule has 0 heterocycles. The summed E-state index contributed by atoms with van der Waals surface area (Å²) in [5.74, 6) is -0.616. The van der Waals surface area contributed by atoms with Gasteiger partial charge in [-0.05, 0) is 12.0 Å². The molecule has 0 aromatic carbocycles. The van der Waals surface area contributed by atoms with Crippen molar-refractivity contribution in [2.45, 2.75) is 18.9 Å². The average Bonchev–Trinajstić information content (AvgIpc) is 2.11. The minimum atomic E-state index is -0.884. The molecule has 0 aliphatic rings. The summed E-state index contributed by atoms with van der Waals surface area (Å²) in [6.07, 6.45) is 1.03. The van der Waals surface area contributed by atoms with Crippen LogP contribution in [0, 0.1) is 0 Å². The van der Waals surface area contributed by atoms with E-state index >= 15 is 0 Å². The zero-order chi connectivity index (χ0) is 9.40. The first-order chi connectivity index (χ1) is 5.76. The van der Waals surface area contributed by atoms with E-state index in [9.17, 15) is 9.59 Å². The van der Waals surface area contributed by atoms with Crippen molar-refractivity contribution in [3.63, 3.8) is 0 Å². The summed E-state index contributed by atoms with van der Waals surface area (Å²) >= 11 is 0. The Hall–Kier alpha value is -1.55. The smallest absolute Gasteiger partial charge is 0.314 e. The van der Waals surface area contributed by atoms with Gasteiger partial charge in [0, 0.05) is 11.3 Å². The molecule has 0 amide bonds. The molecule has 0 unspecified atom stereocenters. The number of carbonyl (C=O) groups is 2. The van der Waals surface area contributed by atoms with Crippen LogP contribution < -0.4 is 0 Å². The Morgan fingerprint density at radius 1 is 1.83 bits per heavy atom. The van der Waals surface area contributed by atoms with Gasteiger partial charge >= 0.3 is 5.97 Å². The van der Waals surface area contributed by atoms with Crippen LogP contribution >= 0.6 is 0 Å². The molecular weight excluding hydrogens is 162 g/mol. The SMILES string of the molecule is COC(=O)[C@@H](CCC=O)N=[N+]=[N-]. The predicted octanol–water partition coefficient (Wildman–Crippen LogP) is 0.817. The standard InChI is InChI=1S/C6H9N3O3/c1-12-6(11)5(8-9-7)3-2-4-10/h4-5H,2-3H2,1H3/t5-/m1/s1. The maximum atomic E-state index is 10.8. The molecule has 0 rings (SSSR count). The van der Waals surface area contributed by atoms with Crippen molar-refractivity contribution in [2.24, 2.45) is 5.11 Å². The first-order valence-electron chi connectivity index (χ1n) is 3.32. The maximum absolute atomic E-state index is 10.8. The van der Waals surface area contributed by atoms with Crippen LogP contribution in [0.3, 0.4) is 0 Å². The fraction of sp³-hybridized carbons (Fsp3) is 0.667. The first kappa shape index (κ1) is 10.4. The second-order valence-corrected chi connectivity index (χ2v) is 1.99. The molecule has 66 valence electrons. The Bertz CT molecular complexity index is 210. The molecule has 0 fully saturated rings. The number of methoxy groups -OCH3 is 1. The lowest BCUT2D eigenvalue weighted by Gasteiger charge is -2.04. The first-order valence-corrected chi connectivity index (χ1v) is 3.32. The van der Waals surface area contributed by atoms with Gasteiger partial charge in [-0.1, -0.05) is 5.11 Å². The van der Waals surface area contributed by atoms with Crippen molar-refractivity contribution in [2.75, 3.05) is 7.11 Å². The van der Waals surface area contributed by atoms with Crippen molar-refractivity contribution >= 4 is 12.3 Å². The number of azide groups is 1. The van der Waals surface area contributed by atoms with Crippen LogP contribution in [0.2, 0.25) is 0 Å². The van der Waals surface area contributed by atoms with Crippen LogP contribution in [0.15, 0.2) is 5.11 Å². The van der Waals surface area contributed by atoms with Crippen LogP contribution in [0.25, 0.3) is 10.4 Å². The third-order valence-corrected chi connectivity index (χ3v) is 1.22. The lowest BCUT2D eigenvalue weighted by Crippen LogP contribution is -2.19. The zero-order valence-electron chi connectivity index (χ0n) is 6.64. The molecule has 0 spiro atoms. The second kappa shape index (κ2) is 6.18. The van der Waals surface area contributed by atoms with E-state index in [1.165, 1.54) is 7.11 Å². The molecule has 1 atom stereocenters. The molecule has 0 N–H and O–H groups in total. The number of hydrogen-bond acceptors (Lipinski definition) is 4. The van der Waals surface area contributed by atoms with Gasteiger partial charge in [0.05, 0.1) is 7.11 Å². The molecule has 12 heavy (non-hydrogen) atoms. The summed E-state index contributed by atoms with van der Waals surface area (Å²) in [4.78, 5) is 23.2. The highest BCUT2D eigenvalue weighted by Crippen LogP contribution is 2.02. The molecule has 0 bridgehead atoms. The number of nitrogens with zero attached hydrogens (tertiary/aromatic N) is 3. The molecule has 0 aliphatic heterocycles. The molecule has 0 saturated heterocycles. The van der Waals surface area contributed by atoms with E-state index < -0.39 is 12.0 Å². The largest absolute Gasteiger partial charge is 0.469 e. The average molecular weight is 171 g/mol. The summed E-state index contributed by atoms with van der Waals surface area (Å²) in [5.41, 5.74) is 8.04. The van der Waals surface area contributed by atoms with E-state index in [1.807, 2.05) is 0 Å². The van der Waals surface area contributed by atoms with E-state index in [4.69, 9.17) is 5.53 Å². The maximum Gasteiger partial charge on any atom is 0.314 e. The number of esters is 1. The van der Waals surface area contributed by atoms with Gasteiger partial charge in [0.2, 0.25) is 0 Å². The topological polar surface area (TPSA) is 92.1 Å². The molecule has 0 saturated carbocycles. The Labute approximate surface area is 69.1 Å². The fourth-order valence-corrected chi connectivity index (χ4v) is 0.647. The van der Waals surface area contributed by atoms with Gasteiger partial charge in [0.25, 0.3) is 0 Å². The number of ether oxygens (including phenoxy) is 1. The Morgan fingerprint density at radius 3 is 2.92 bits per heavy atom. The summed E-state index contributed by atoms with van der Waals surface area (Å²) in [5, 5.41) is 3.18. The molecule has 6 nitrogen and oxygen atoms in total. The number of carbonyl (C=O) groups excluding carboxylic acids is 2. The van der Waals surface area contributed by atoms with Crippen molar-refractivity contribution < 1.29 is 14.3 Å². The third kappa shape index (κ3) is 3.58. The van der Waals surface area contributed by atoms with Gasteiger partial charge in [0.15, 0.2) is 0 Å². The molecule has 0 aromatic rings. The molecule has 0 aliphatic carbocycles. The van der Waals surface area contributed by atoms with Crippen molar-refractivity contribution in [3.05, 3.63) is 10.4 Å². The molecule has 0 radical (unpaired) electrons. The normalized spacial score (nSPS) is 11.1. The summed E-state index contributed by atoms with van der Waals surface area (Å²) in [7, 11) is 1.20. The van der Waals surface area contributed by atoms with Gasteiger partial charge in [-0.3, -0.25) is 4.79 Å². The molecule has 6 heteroatoms. The van der Waals surface area contributed by atoms with Gasteiger partial charge in [-0.15, -0.1) is 0 Å². The van der Waals surface area contributed by atoms with E-state index in [0.717, 1.165) is 0 Å². The van der Waals surface area contributed by atoms with E-state index in [1.54, 1.807) is 0 Å². The number of aldehydes is 1. The lowest BCUT2D eigenvalue weighted by atomic mass is 10.2. The summed E-state index contributed by atoms with van der Waals surface area (Å²) < 4.78 is 4.34. The highest BCUT2D eigenvalue weighted by molar-refractivity contribution is 5.76. The van der Waals surface area contributed by atoms with Gasteiger partial charge in [0.1, 0.15) is 12.3 Å². The van der Waals surface area contributed by atoms with Crippen LogP contribution in [-0.4, -0.2) is 25.4 Å². The van der Waals surface area contributed by atoms with Crippen LogP contribution in [-0.2, 0) is 14.3 Å². The lowest BCUT2D eigenvalue weighted by molar-refractivity contribution is -0.142. The highest BCUT2D eigenvalue weighted by Gasteiger charge is 2.15. The van der Waals surface area contributed by atoms with E-state index in [0.29, 0.717) is 6.29 Å².